The molecule has 0 bridgehead atoms. The summed E-state index contributed by atoms with van der Waals surface area (Å²) in [5, 5.41) is 6.16. The Morgan fingerprint density at radius 3 is 2.68 bits per heavy atom. The normalized spacial score (nSPS) is 16.2. The molecule has 0 aliphatic carbocycles. The number of nitrogens with zero attached hydrogens (tertiary/aromatic N) is 6. The van der Waals surface area contributed by atoms with Gasteiger partial charge < -0.3 is 9.80 Å². The predicted octanol–water partition coefficient (Wildman–Crippen LogP) is 5.54. The largest absolute Gasteiger partial charge is 0.355 e. The topological polar surface area (TPSA) is 67.2 Å². The van der Waals surface area contributed by atoms with Crippen LogP contribution in [0.2, 0.25) is 5.02 Å². The maximum Gasteiger partial charge on any atom is 0.245 e. The molecule has 37 heavy (non-hydrogen) atoms. The number of anilines is 1. The van der Waals surface area contributed by atoms with Gasteiger partial charge in [0.15, 0.2) is 5.82 Å². The lowest BCUT2D eigenvalue weighted by Crippen LogP contribution is -2.59. The van der Waals surface area contributed by atoms with E-state index >= 15 is 4.39 Å². The lowest BCUT2D eigenvalue weighted by Gasteiger charge is -2.47. The molecule has 6 rings (SSSR count). The first-order chi connectivity index (χ1) is 17.8. The Hall–Kier alpha value is -3.52. The molecule has 2 fully saturated rings. The van der Waals surface area contributed by atoms with Crippen LogP contribution in [0, 0.1) is 18.2 Å². The molecule has 2 aromatic carbocycles. The van der Waals surface area contributed by atoms with Crippen LogP contribution in [0.25, 0.3) is 32.9 Å². The zero-order valence-electron chi connectivity index (χ0n) is 21.6. The minimum Gasteiger partial charge on any atom is -0.355 e. The lowest BCUT2D eigenvalue weighted by molar-refractivity contribution is -0.136. The number of aromatic nitrogens is 4. The van der Waals surface area contributed by atoms with Crippen molar-refractivity contribution in [2.45, 2.75) is 27.2 Å². The molecule has 2 aliphatic heterocycles. The van der Waals surface area contributed by atoms with Crippen LogP contribution in [0.1, 0.15) is 25.8 Å². The first-order valence-corrected chi connectivity index (χ1v) is 12.9. The second kappa shape index (κ2) is 9.41. The number of fused-ring (bicyclic) bond motifs is 2. The molecule has 1 amide bonds. The SMILES string of the molecule is C=CC(=O)N1CC2(CCN(c3ncnc4c(F)c(-c5c(C)ccc6cnn(C)c56)c(Cl)cc34)C2)C1.CC. The number of rotatable bonds is 3. The van der Waals surface area contributed by atoms with Crippen LogP contribution in [-0.4, -0.2) is 56.7 Å². The van der Waals surface area contributed by atoms with Crippen LogP contribution in [0.4, 0.5) is 10.2 Å². The number of carbonyl (C=O) groups is 1. The van der Waals surface area contributed by atoms with Crippen molar-refractivity contribution in [3.8, 4) is 11.1 Å². The molecule has 0 unspecified atom stereocenters. The summed E-state index contributed by atoms with van der Waals surface area (Å²) in [5.41, 5.74) is 3.04. The summed E-state index contributed by atoms with van der Waals surface area (Å²) in [6, 6.07) is 5.70. The van der Waals surface area contributed by atoms with Gasteiger partial charge in [0.2, 0.25) is 5.91 Å². The number of amides is 1. The quantitative estimate of drug-likeness (QED) is 0.332. The number of carbonyl (C=O) groups excluding carboxylic acids is 1. The highest BCUT2D eigenvalue weighted by atomic mass is 35.5. The van der Waals surface area contributed by atoms with Gasteiger partial charge in [-0.2, -0.15) is 5.10 Å². The Morgan fingerprint density at radius 1 is 1.19 bits per heavy atom. The molecule has 4 aromatic rings. The van der Waals surface area contributed by atoms with Crippen LogP contribution in [-0.2, 0) is 11.8 Å². The molecule has 0 saturated carbocycles. The van der Waals surface area contributed by atoms with E-state index in [1.807, 2.05) is 40.0 Å². The third kappa shape index (κ3) is 3.94. The standard InChI is InChI=1S/C26H24ClFN6O.C2H6/c1-4-19(35)34-12-26(13-34)7-8-33(11-26)25-17-9-18(27)21(22(28)23(17)29-14-30-25)20-15(2)5-6-16-10-31-32(3)24(16)20;1-2/h4-6,9-10,14H,1,7-8,11-13H2,2-3H3;1-2H3. The highest BCUT2D eigenvalue weighted by molar-refractivity contribution is 6.35. The highest BCUT2D eigenvalue weighted by Crippen LogP contribution is 2.44. The molecule has 0 N–H and O–H groups in total. The van der Waals surface area contributed by atoms with Crippen LogP contribution in [0.3, 0.4) is 0 Å². The summed E-state index contributed by atoms with van der Waals surface area (Å²) in [6.45, 7) is 12.4. The van der Waals surface area contributed by atoms with Gasteiger partial charge in [-0.1, -0.05) is 44.2 Å². The molecule has 0 atom stereocenters. The van der Waals surface area contributed by atoms with Gasteiger partial charge in [-0.05, 0) is 31.1 Å². The Kier molecular flexibility index (Phi) is 6.40. The van der Waals surface area contributed by atoms with Crippen LogP contribution in [0.15, 0.2) is 43.4 Å². The summed E-state index contributed by atoms with van der Waals surface area (Å²) in [6.07, 6.45) is 5.47. The van der Waals surface area contributed by atoms with Crippen molar-refractivity contribution in [3.63, 3.8) is 0 Å². The number of hydrogen-bond acceptors (Lipinski definition) is 5. The van der Waals surface area contributed by atoms with E-state index in [0.29, 0.717) is 40.4 Å². The number of halogens is 2. The van der Waals surface area contributed by atoms with Gasteiger partial charge in [-0.25, -0.2) is 14.4 Å². The molecule has 1 spiro atoms. The molecule has 2 aliphatic rings. The Labute approximate surface area is 220 Å². The number of aryl methyl sites for hydroxylation is 2. The third-order valence-corrected chi connectivity index (χ3v) is 7.74. The molecule has 2 saturated heterocycles. The van der Waals surface area contributed by atoms with Gasteiger partial charge in [0.05, 0.1) is 16.7 Å². The molecule has 0 radical (unpaired) electrons. The maximum absolute atomic E-state index is 16.2. The van der Waals surface area contributed by atoms with Gasteiger partial charge in [0.1, 0.15) is 17.7 Å². The van der Waals surface area contributed by atoms with E-state index in [0.717, 1.165) is 36.0 Å². The monoisotopic (exact) mass is 520 g/mol. The summed E-state index contributed by atoms with van der Waals surface area (Å²) in [4.78, 5) is 24.7. The fourth-order valence-electron chi connectivity index (χ4n) is 5.70. The van der Waals surface area contributed by atoms with Crippen molar-refractivity contribution >= 4 is 45.1 Å². The molecule has 7 nitrogen and oxygen atoms in total. The van der Waals surface area contributed by atoms with E-state index < -0.39 is 5.82 Å². The van der Waals surface area contributed by atoms with Crippen molar-refractivity contribution in [1.82, 2.24) is 24.6 Å². The molecule has 9 heteroatoms. The van der Waals surface area contributed by atoms with E-state index in [2.05, 4.69) is 26.5 Å². The third-order valence-electron chi connectivity index (χ3n) is 7.44. The minimum atomic E-state index is -0.465. The van der Waals surface area contributed by atoms with Crippen LogP contribution >= 0.6 is 11.6 Å². The van der Waals surface area contributed by atoms with Crippen molar-refractivity contribution in [1.29, 1.82) is 0 Å². The Bertz CT molecular complexity index is 1540. The fourth-order valence-corrected chi connectivity index (χ4v) is 5.99. The van der Waals surface area contributed by atoms with Gasteiger partial charge in [0.25, 0.3) is 0 Å². The summed E-state index contributed by atoms with van der Waals surface area (Å²) < 4.78 is 17.9. The highest BCUT2D eigenvalue weighted by Gasteiger charge is 2.49. The smallest absolute Gasteiger partial charge is 0.245 e. The van der Waals surface area contributed by atoms with Gasteiger partial charge in [-0.3, -0.25) is 9.48 Å². The van der Waals surface area contributed by atoms with Crippen molar-refractivity contribution in [3.05, 3.63) is 59.8 Å². The second-order valence-corrected chi connectivity index (χ2v) is 10.1. The van der Waals surface area contributed by atoms with E-state index in [9.17, 15) is 4.79 Å². The summed E-state index contributed by atoms with van der Waals surface area (Å²) >= 11 is 6.78. The molecular formula is C28H30ClFN6O. The zero-order valence-corrected chi connectivity index (χ0v) is 22.3. The molecule has 2 aromatic heterocycles. The zero-order chi connectivity index (χ0) is 26.5. The second-order valence-electron chi connectivity index (χ2n) is 9.67. The summed E-state index contributed by atoms with van der Waals surface area (Å²) in [5.74, 6) is 0.165. The van der Waals surface area contributed by atoms with E-state index in [1.165, 1.54) is 12.4 Å². The van der Waals surface area contributed by atoms with Crippen LogP contribution < -0.4 is 4.90 Å². The maximum atomic E-state index is 16.2. The lowest BCUT2D eigenvalue weighted by atomic mass is 9.79. The average Bonchev–Trinajstić information content (AvgIpc) is 3.49. The number of benzene rings is 2. The van der Waals surface area contributed by atoms with Crippen LogP contribution in [0.5, 0.6) is 0 Å². The van der Waals surface area contributed by atoms with Gasteiger partial charge in [-0.15, -0.1) is 0 Å². The molecule has 192 valence electrons. The predicted molar refractivity (Wildman–Crippen MR) is 146 cm³/mol. The van der Waals surface area contributed by atoms with Gasteiger partial charge in [0, 0.05) is 60.5 Å². The first-order valence-electron chi connectivity index (χ1n) is 12.5. The Balaban J connectivity index is 0.00000137. The average molecular weight is 521 g/mol. The van der Waals surface area contributed by atoms with E-state index in [4.69, 9.17) is 11.6 Å². The van der Waals surface area contributed by atoms with Crippen molar-refractivity contribution < 1.29 is 9.18 Å². The van der Waals surface area contributed by atoms with E-state index in [-0.39, 0.29) is 16.8 Å². The van der Waals surface area contributed by atoms with Crippen molar-refractivity contribution in [2.75, 3.05) is 31.1 Å². The number of likely N-dealkylation sites (tertiary alicyclic amines) is 1. The molecule has 4 heterocycles. The minimum absolute atomic E-state index is 0.0323. The van der Waals surface area contributed by atoms with E-state index in [1.54, 1.807) is 21.8 Å². The van der Waals surface area contributed by atoms with Crippen molar-refractivity contribution in [2.24, 2.45) is 12.5 Å². The molecular weight excluding hydrogens is 491 g/mol. The number of hydrogen-bond donors (Lipinski definition) is 0. The first kappa shape index (κ1) is 25.1. The Morgan fingerprint density at radius 2 is 1.95 bits per heavy atom. The fraction of sp³-hybridized carbons (Fsp3) is 0.357. The summed E-state index contributed by atoms with van der Waals surface area (Å²) in [7, 11) is 1.84. The van der Waals surface area contributed by atoms with Gasteiger partial charge >= 0.3 is 0 Å².